The lowest BCUT2D eigenvalue weighted by molar-refractivity contribution is -0.144. The molecular weight excluding hydrogens is 240 g/mol. The molecule has 0 aromatic carbocycles. The van der Waals surface area contributed by atoms with Crippen molar-refractivity contribution >= 4 is 18.0 Å². The molecule has 0 aliphatic rings. The molecule has 7 nitrogen and oxygen atoms in total. The molecule has 18 heavy (non-hydrogen) atoms. The number of carbonyl (C=O) groups excluding carboxylic acids is 2. The SMILES string of the molecule is CCOC(=O)CN(CC)C(=O)NCC(C)C(=O)O. The van der Waals surface area contributed by atoms with Crippen molar-refractivity contribution < 1.29 is 24.2 Å². The number of likely N-dealkylation sites (N-methyl/N-ethyl adjacent to an activating group) is 1. The highest BCUT2D eigenvalue weighted by Crippen LogP contribution is 1.95. The largest absolute Gasteiger partial charge is 0.481 e. The number of urea groups is 1. The van der Waals surface area contributed by atoms with Gasteiger partial charge in [-0.15, -0.1) is 0 Å². The van der Waals surface area contributed by atoms with Gasteiger partial charge in [-0.1, -0.05) is 6.92 Å². The first-order chi connectivity index (χ1) is 8.42. The van der Waals surface area contributed by atoms with Crippen LogP contribution in [0, 0.1) is 5.92 Å². The number of hydrogen-bond donors (Lipinski definition) is 2. The van der Waals surface area contributed by atoms with E-state index in [1.165, 1.54) is 11.8 Å². The molecular formula is C11H20N2O5. The molecule has 0 aromatic heterocycles. The molecule has 2 amide bonds. The number of amides is 2. The van der Waals surface area contributed by atoms with Crippen molar-refractivity contribution in [2.24, 2.45) is 5.92 Å². The summed E-state index contributed by atoms with van der Waals surface area (Å²) in [6.45, 7) is 5.37. The number of carboxylic acid groups (broad SMARTS) is 1. The van der Waals surface area contributed by atoms with E-state index in [-0.39, 0.29) is 19.7 Å². The Morgan fingerprint density at radius 2 is 1.94 bits per heavy atom. The van der Waals surface area contributed by atoms with E-state index >= 15 is 0 Å². The van der Waals surface area contributed by atoms with E-state index in [1.807, 2.05) is 0 Å². The van der Waals surface area contributed by atoms with Gasteiger partial charge in [0.05, 0.1) is 12.5 Å². The monoisotopic (exact) mass is 260 g/mol. The Hall–Kier alpha value is -1.79. The van der Waals surface area contributed by atoms with Gasteiger partial charge in [0.15, 0.2) is 0 Å². The highest BCUT2D eigenvalue weighted by Gasteiger charge is 2.18. The molecule has 0 aromatic rings. The van der Waals surface area contributed by atoms with Gasteiger partial charge in [0, 0.05) is 13.1 Å². The lowest BCUT2D eigenvalue weighted by atomic mass is 10.2. The molecule has 0 aliphatic heterocycles. The maximum absolute atomic E-state index is 11.7. The average Bonchev–Trinajstić information content (AvgIpc) is 2.32. The van der Waals surface area contributed by atoms with Crippen LogP contribution in [0.5, 0.6) is 0 Å². The van der Waals surface area contributed by atoms with Gasteiger partial charge in [0.25, 0.3) is 0 Å². The maximum Gasteiger partial charge on any atom is 0.325 e. The zero-order valence-corrected chi connectivity index (χ0v) is 10.9. The molecule has 104 valence electrons. The van der Waals surface area contributed by atoms with Crippen LogP contribution in [0.1, 0.15) is 20.8 Å². The number of rotatable bonds is 7. The number of nitrogens with one attached hydrogen (secondary N) is 1. The third-order valence-electron chi connectivity index (χ3n) is 2.28. The Morgan fingerprint density at radius 3 is 2.39 bits per heavy atom. The molecule has 0 aliphatic carbocycles. The van der Waals surface area contributed by atoms with E-state index in [4.69, 9.17) is 9.84 Å². The topological polar surface area (TPSA) is 95.9 Å². The summed E-state index contributed by atoms with van der Waals surface area (Å²) in [5.41, 5.74) is 0. The Bertz CT molecular complexity index is 306. The Morgan fingerprint density at radius 1 is 1.33 bits per heavy atom. The van der Waals surface area contributed by atoms with Crippen molar-refractivity contribution in [2.45, 2.75) is 20.8 Å². The number of aliphatic carboxylic acids is 1. The van der Waals surface area contributed by atoms with Crippen molar-refractivity contribution in [3.8, 4) is 0 Å². The summed E-state index contributed by atoms with van der Waals surface area (Å²) in [5, 5.41) is 11.1. The molecule has 0 spiro atoms. The molecule has 0 bridgehead atoms. The first-order valence-electron chi connectivity index (χ1n) is 5.83. The summed E-state index contributed by atoms with van der Waals surface area (Å²) >= 11 is 0. The van der Waals surface area contributed by atoms with Crippen LogP contribution in [0.4, 0.5) is 4.79 Å². The van der Waals surface area contributed by atoms with Gasteiger partial charge in [-0.2, -0.15) is 0 Å². The fourth-order valence-electron chi connectivity index (χ4n) is 1.13. The van der Waals surface area contributed by atoms with E-state index in [0.717, 1.165) is 0 Å². The Balaban J connectivity index is 4.18. The molecule has 0 saturated heterocycles. The molecule has 7 heteroatoms. The number of hydrogen-bond acceptors (Lipinski definition) is 4. The van der Waals surface area contributed by atoms with E-state index < -0.39 is 23.9 Å². The Kier molecular flexibility index (Phi) is 7.50. The van der Waals surface area contributed by atoms with Gasteiger partial charge in [0.1, 0.15) is 6.54 Å². The van der Waals surface area contributed by atoms with Crippen molar-refractivity contribution in [3.63, 3.8) is 0 Å². The standard InChI is InChI=1S/C11H20N2O5/c1-4-13(7-9(14)18-5-2)11(17)12-6-8(3)10(15)16/h8H,4-7H2,1-3H3,(H,12,17)(H,15,16). The fourth-order valence-corrected chi connectivity index (χ4v) is 1.13. The molecule has 0 fully saturated rings. The molecule has 1 unspecified atom stereocenters. The lowest BCUT2D eigenvalue weighted by Crippen LogP contribution is -2.44. The molecule has 0 rings (SSSR count). The third kappa shape index (κ3) is 6.07. The summed E-state index contributed by atoms with van der Waals surface area (Å²) < 4.78 is 4.73. The predicted octanol–water partition coefficient (Wildman–Crippen LogP) is 0.302. The van der Waals surface area contributed by atoms with E-state index in [2.05, 4.69) is 5.32 Å². The number of nitrogens with zero attached hydrogens (tertiary/aromatic N) is 1. The average molecular weight is 260 g/mol. The van der Waals surface area contributed by atoms with Crippen molar-refractivity contribution in [1.82, 2.24) is 10.2 Å². The van der Waals surface area contributed by atoms with Crippen LogP contribution in [0.25, 0.3) is 0 Å². The molecule has 1 atom stereocenters. The van der Waals surface area contributed by atoms with E-state index in [0.29, 0.717) is 6.54 Å². The highest BCUT2D eigenvalue weighted by atomic mass is 16.5. The summed E-state index contributed by atoms with van der Waals surface area (Å²) in [7, 11) is 0. The summed E-state index contributed by atoms with van der Waals surface area (Å²) in [5.74, 6) is -2.14. The van der Waals surface area contributed by atoms with E-state index in [9.17, 15) is 14.4 Å². The predicted molar refractivity (Wildman–Crippen MR) is 64.1 cm³/mol. The Labute approximate surface area is 106 Å². The van der Waals surface area contributed by atoms with Gasteiger partial charge in [-0.05, 0) is 13.8 Å². The van der Waals surface area contributed by atoms with Gasteiger partial charge in [-0.25, -0.2) is 4.79 Å². The first kappa shape index (κ1) is 16.2. The van der Waals surface area contributed by atoms with Crippen molar-refractivity contribution in [2.75, 3.05) is 26.2 Å². The number of carbonyl (C=O) groups is 3. The number of esters is 1. The molecule has 0 saturated carbocycles. The van der Waals surface area contributed by atoms with Crippen LogP contribution < -0.4 is 5.32 Å². The summed E-state index contributed by atoms with van der Waals surface area (Å²) in [6, 6.07) is -0.473. The molecule has 0 radical (unpaired) electrons. The van der Waals surface area contributed by atoms with Crippen LogP contribution in [0.3, 0.4) is 0 Å². The van der Waals surface area contributed by atoms with Gasteiger partial charge >= 0.3 is 18.0 Å². The maximum atomic E-state index is 11.7. The normalized spacial score (nSPS) is 11.5. The zero-order valence-electron chi connectivity index (χ0n) is 10.9. The highest BCUT2D eigenvalue weighted by molar-refractivity contribution is 5.81. The summed E-state index contributed by atoms with van der Waals surface area (Å²) in [6.07, 6.45) is 0. The second kappa shape index (κ2) is 8.32. The zero-order chi connectivity index (χ0) is 14.1. The van der Waals surface area contributed by atoms with E-state index in [1.54, 1.807) is 13.8 Å². The minimum Gasteiger partial charge on any atom is -0.481 e. The van der Waals surface area contributed by atoms with Gasteiger partial charge in [-0.3, -0.25) is 9.59 Å². The van der Waals surface area contributed by atoms with Crippen molar-refractivity contribution in [3.05, 3.63) is 0 Å². The smallest absolute Gasteiger partial charge is 0.325 e. The van der Waals surface area contributed by atoms with Crippen LogP contribution in [-0.2, 0) is 14.3 Å². The minimum atomic E-state index is -0.983. The van der Waals surface area contributed by atoms with Crippen molar-refractivity contribution in [1.29, 1.82) is 0 Å². The molecule has 0 heterocycles. The quantitative estimate of drug-likeness (QED) is 0.642. The minimum absolute atomic E-state index is 0.0213. The second-order valence-electron chi connectivity index (χ2n) is 3.74. The van der Waals surface area contributed by atoms with Crippen LogP contribution in [-0.4, -0.2) is 54.2 Å². The lowest BCUT2D eigenvalue weighted by Gasteiger charge is -2.20. The third-order valence-corrected chi connectivity index (χ3v) is 2.28. The van der Waals surface area contributed by atoms with Crippen LogP contribution in [0.2, 0.25) is 0 Å². The van der Waals surface area contributed by atoms with Crippen LogP contribution in [0.15, 0.2) is 0 Å². The van der Waals surface area contributed by atoms with Crippen LogP contribution >= 0.6 is 0 Å². The second-order valence-corrected chi connectivity index (χ2v) is 3.74. The first-order valence-corrected chi connectivity index (χ1v) is 5.83. The number of carboxylic acids is 1. The summed E-state index contributed by atoms with van der Waals surface area (Å²) in [4.78, 5) is 34.7. The number of ether oxygens (including phenoxy) is 1. The fraction of sp³-hybridized carbons (Fsp3) is 0.727. The van der Waals surface area contributed by atoms with Gasteiger partial charge < -0.3 is 20.1 Å². The molecule has 2 N–H and O–H groups in total. The van der Waals surface area contributed by atoms with Gasteiger partial charge in [0.2, 0.25) is 0 Å².